The van der Waals surface area contributed by atoms with Crippen molar-refractivity contribution in [3.63, 3.8) is 0 Å². The maximum Gasteiger partial charge on any atom is 0.134 e. The van der Waals surface area contributed by atoms with E-state index in [1.165, 1.54) is 22.3 Å². The average Bonchev–Trinajstić information content (AvgIpc) is 2.92. The molecule has 2 aliphatic carbocycles. The molecule has 14 heavy (non-hydrogen) atoms. The van der Waals surface area contributed by atoms with Gasteiger partial charge in [-0.05, 0) is 23.3 Å². The fourth-order valence-electron chi connectivity index (χ4n) is 1.85. The highest BCUT2D eigenvalue weighted by Crippen LogP contribution is 2.50. The third-order valence-electron chi connectivity index (χ3n) is 2.61. The lowest BCUT2D eigenvalue weighted by Crippen LogP contribution is -1.82. The molecule has 1 nitrogen and oxygen atoms in total. The zero-order chi connectivity index (χ0) is 9.54. The predicted molar refractivity (Wildman–Crippen MR) is 57.4 cm³/mol. The quantitative estimate of drug-likeness (QED) is 0.590. The van der Waals surface area contributed by atoms with Crippen LogP contribution in [0, 0.1) is 0 Å². The van der Waals surface area contributed by atoms with E-state index in [-0.39, 0.29) is 0 Å². The van der Waals surface area contributed by atoms with Crippen molar-refractivity contribution in [2.45, 2.75) is 0 Å². The van der Waals surface area contributed by atoms with Gasteiger partial charge in [0.2, 0.25) is 0 Å². The number of methoxy groups -OCH3 is 1. The Morgan fingerprint density at radius 3 is 2.14 bits per heavy atom. The van der Waals surface area contributed by atoms with Crippen LogP contribution in [0.2, 0.25) is 0 Å². The third-order valence-corrected chi connectivity index (χ3v) is 2.61. The van der Waals surface area contributed by atoms with Crippen LogP contribution < -0.4 is 4.74 Å². The predicted octanol–water partition coefficient (Wildman–Crippen LogP) is 3.34. The molecule has 0 spiro atoms. The van der Waals surface area contributed by atoms with E-state index in [4.69, 9.17) is 4.74 Å². The highest BCUT2D eigenvalue weighted by molar-refractivity contribution is 5.97. The molecule has 0 N–H and O–H groups in total. The van der Waals surface area contributed by atoms with Gasteiger partial charge in [0.1, 0.15) is 5.75 Å². The van der Waals surface area contributed by atoms with E-state index in [0.29, 0.717) is 0 Å². The summed E-state index contributed by atoms with van der Waals surface area (Å²) in [6.45, 7) is 0. The molecule has 0 atom stereocenters. The van der Waals surface area contributed by atoms with Gasteiger partial charge in [0, 0.05) is 11.1 Å². The molecule has 0 saturated heterocycles. The molecule has 0 aromatic heterocycles. The van der Waals surface area contributed by atoms with E-state index in [2.05, 4.69) is 24.3 Å². The summed E-state index contributed by atoms with van der Waals surface area (Å²) in [4.78, 5) is 0. The lowest BCUT2D eigenvalue weighted by atomic mass is 10.1. The molecule has 68 valence electrons. The fraction of sp³-hybridized carbons (Fsp3) is 0.0769. The zero-order valence-corrected chi connectivity index (χ0v) is 7.95. The zero-order valence-electron chi connectivity index (χ0n) is 7.95. The number of fused-ring (bicyclic) bond motifs is 1. The number of rotatable bonds is 2. The van der Waals surface area contributed by atoms with E-state index >= 15 is 0 Å². The van der Waals surface area contributed by atoms with Gasteiger partial charge in [0.25, 0.3) is 0 Å². The van der Waals surface area contributed by atoms with Crippen LogP contribution in [0.1, 0.15) is 0 Å². The van der Waals surface area contributed by atoms with Gasteiger partial charge in [-0.2, -0.15) is 0 Å². The van der Waals surface area contributed by atoms with E-state index in [0.717, 1.165) is 5.75 Å². The maximum atomic E-state index is 5.39. The first-order valence-electron chi connectivity index (χ1n) is 4.68. The van der Waals surface area contributed by atoms with Crippen LogP contribution in [0.5, 0.6) is 5.75 Å². The van der Waals surface area contributed by atoms with Gasteiger partial charge in [-0.15, -0.1) is 0 Å². The summed E-state index contributed by atoms with van der Waals surface area (Å²) < 4.78 is 5.39. The van der Waals surface area contributed by atoms with Gasteiger partial charge in [-0.25, -0.2) is 0 Å². The normalized spacial score (nSPS) is 11.2. The Morgan fingerprint density at radius 1 is 0.857 bits per heavy atom. The summed E-state index contributed by atoms with van der Waals surface area (Å²) in [7, 11) is 1.73. The molecule has 0 aliphatic heterocycles. The first kappa shape index (κ1) is 7.63. The molecule has 1 aromatic carbocycles. The summed E-state index contributed by atoms with van der Waals surface area (Å²) >= 11 is 0. The van der Waals surface area contributed by atoms with Crippen molar-refractivity contribution >= 4 is 0 Å². The lowest BCUT2D eigenvalue weighted by Gasteiger charge is -2.03. The second-order valence-electron chi connectivity index (χ2n) is 3.47. The van der Waals surface area contributed by atoms with Gasteiger partial charge in [-0.3, -0.25) is 0 Å². The first-order valence-corrected chi connectivity index (χ1v) is 4.68. The average molecular weight is 182 g/mol. The Kier molecular flexibility index (Phi) is 1.42. The molecule has 0 radical (unpaired) electrons. The minimum atomic E-state index is 1.02. The number of hydrogen-bond acceptors (Lipinski definition) is 1. The molecule has 0 bridgehead atoms. The number of ether oxygens (including phenoxy) is 1. The molecule has 1 aromatic rings. The lowest BCUT2D eigenvalue weighted by molar-refractivity contribution is 0.420. The molecule has 0 fully saturated rings. The minimum Gasteiger partial charge on any atom is -0.495 e. The van der Waals surface area contributed by atoms with Crippen molar-refractivity contribution in [3.05, 3.63) is 42.5 Å². The monoisotopic (exact) mass is 182 g/mol. The maximum absolute atomic E-state index is 5.39. The van der Waals surface area contributed by atoms with Crippen LogP contribution in [-0.4, -0.2) is 7.11 Å². The molecule has 3 rings (SSSR count). The van der Waals surface area contributed by atoms with E-state index in [1.54, 1.807) is 7.11 Å². The second kappa shape index (κ2) is 2.61. The smallest absolute Gasteiger partial charge is 0.134 e. The van der Waals surface area contributed by atoms with Gasteiger partial charge >= 0.3 is 0 Å². The Balaban J connectivity index is 2.16. The molecule has 0 amide bonds. The van der Waals surface area contributed by atoms with Crippen LogP contribution >= 0.6 is 0 Å². The molecule has 0 heterocycles. The minimum absolute atomic E-state index is 1.02. The first-order chi connectivity index (χ1) is 6.90. The van der Waals surface area contributed by atoms with Crippen LogP contribution in [0.15, 0.2) is 42.5 Å². The summed E-state index contributed by atoms with van der Waals surface area (Å²) in [6.07, 6.45) is 0. The summed E-state index contributed by atoms with van der Waals surface area (Å²) in [5, 5.41) is 0. The van der Waals surface area contributed by atoms with E-state index in [9.17, 15) is 0 Å². The molecular formula is C13H10O. The Bertz CT molecular complexity index is 486. The van der Waals surface area contributed by atoms with Crippen molar-refractivity contribution in [3.8, 4) is 28.0 Å². The van der Waals surface area contributed by atoms with E-state index in [1.807, 2.05) is 18.2 Å². The number of benzene rings is 2. The Morgan fingerprint density at radius 2 is 1.50 bits per heavy atom. The topological polar surface area (TPSA) is 9.23 Å². The van der Waals surface area contributed by atoms with Crippen LogP contribution in [-0.2, 0) is 0 Å². The largest absolute Gasteiger partial charge is 0.495 e. The van der Waals surface area contributed by atoms with Crippen LogP contribution in [0.4, 0.5) is 0 Å². The number of hydrogen-bond donors (Lipinski definition) is 0. The molecule has 0 saturated carbocycles. The summed E-state index contributed by atoms with van der Waals surface area (Å²) in [5.41, 5.74) is 5.03. The second-order valence-corrected chi connectivity index (χ2v) is 3.47. The molecule has 1 heteroatoms. The van der Waals surface area contributed by atoms with Crippen molar-refractivity contribution in [1.29, 1.82) is 0 Å². The fourth-order valence-corrected chi connectivity index (χ4v) is 1.85. The molecule has 2 aliphatic rings. The van der Waals surface area contributed by atoms with Crippen LogP contribution in [0.25, 0.3) is 22.3 Å². The van der Waals surface area contributed by atoms with Crippen molar-refractivity contribution in [2.24, 2.45) is 0 Å². The molecular weight excluding hydrogens is 172 g/mol. The van der Waals surface area contributed by atoms with Crippen molar-refractivity contribution < 1.29 is 4.74 Å². The van der Waals surface area contributed by atoms with Gasteiger partial charge in [-0.1, -0.05) is 30.3 Å². The highest BCUT2D eigenvalue weighted by atomic mass is 16.5. The highest BCUT2D eigenvalue weighted by Gasteiger charge is 2.24. The molecule has 0 unspecified atom stereocenters. The van der Waals surface area contributed by atoms with Crippen molar-refractivity contribution in [2.75, 3.05) is 7.11 Å². The summed E-state index contributed by atoms with van der Waals surface area (Å²) in [6, 6.07) is 14.7. The summed E-state index contributed by atoms with van der Waals surface area (Å²) in [5.74, 6) is 1.02. The Hall–Kier alpha value is -1.76. The van der Waals surface area contributed by atoms with Gasteiger partial charge in [0.15, 0.2) is 0 Å². The standard InChI is InChI=1S/C13H10O/c1-14-13-11(7-10-8-12(10)13)9-5-3-2-4-6-9/h2-8H,1H3. The van der Waals surface area contributed by atoms with Gasteiger partial charge in [0.05, 0.1) is 7.11 Å². The van der Waals surface area contributed by atoms with Gasteiger partial charge < -0.3 is 4.74 Å². The third kappa shape index (κ3) is 0.956. The van der Waals surface area contributed by atoms with E-state index < -0.39 is 0 Å². The SMILES string of the molecule is COc1c(-c2ccccc2)cc2cc1-2. The van der Waals surface area contributed by atoms with Crippen molar-refractivity contribution in [1.82, 2.24) is 0 Å². The Labute approximate surface area is 83.0 Å². The van der Waals surface area contributed by atoms with Crippen LogP contribution in [0.3, 0.4) is 0 Å².